The highest BCUT2D eigenvalue weighted by Crippen LogP contribution is 2.28. The molecule has 146 valence electrons. The summed E-state index contributed by atoms with van der Waals surface area (Å²) in [6, 6.07) is 27.4. The molecular weight excluding hydrogens is 374 g/mol. The molecule has 2 heterocycles. The number of nitrogens with one attached hydrogen (secondary N) is 1. The normalized spacial score (nSPS) is 10.8. The van der Waals surface area contributed by atoms with E-state index in [1.54, 1.807) is 12.3 Å². The number of aromatic nitrogens is 3. The fourth-order valence-electron chi connectivity index (χ4n) is 3.32. The largest absolute Gasteiger partial charge is 0.439 e. The van der Waals surface area contributed by atoms with Crippen LogP contribution in [0, 0.1) is 0 Å². The molecule has 0 saturated heterocycles. The molecule has 0 spiro atoms. The van der Waals surface area contributed by atoms with Gasteiger partial charge in [-0.1, -0.05) is 24.3 Å². The Morgan fingerprint density at radius 3 is 2.63 bits per heavy atom. The average molecular weight is 393 g/mol. The summed E-state index contributed by atoms with van der Waals surface area (Å²) < 4.78 is 8.13. The van der Waals surface area contributed by atoms with Crippen LogP contribution in [-0.2, 0) is 0 Å². The van der Waals surface area contributed by atoms with Crippen LogP contribution >= 0.6 is 0 Å². The monoisotopic (exact) mass is 393 g/mol. The maximum atomic E-state index is 5.98. The number of rotatable bonds is 5. The third-order valence-corrected chi connectivity index (χ3v) is 4.69. The van der Waals surface area contributed by atoms with Gasteiger partial charge in [0.2, 0.25) is 11.8 Å². The van der Waals surface area contributed by atoms with Gasteiger partial charge in [0, 0.05) is 40.9 Å². The van der Waals surface area contributed by atoms with E-state index >= 15 is 0 Å². The molecule has 0 amide bonds. The van der Waals surface area contributed by atoms with Gasteiger partial charge in [0.05, 0.1) is 5.52 Å². The highest BCUT2D eigenvalue weighted by atomic mass is 16.5. The van der Waals surface area contributed by atoms with Crippen molar-refractivity contribution in [2.45, 2.75) is 0 Å². The molecule has 0 atom stereocenters. The first kappa shape index (κ1) is 17.8. The van der Waals surface area contributed by atoms with Gasteiger partial charge >= 0.3 is 0 Å². The summed E-state index contributed by atoms with van der Waals surface area (Å²) in [4.78, 5) is 8.68. The molecule has 0 saturated carbocycles. The first-order chi connectivity index (χ1) is 14.7. The first-order valence-corrected chi connectivity index (χ1v) is 9.55. The lowest BCUT2D eigenvalue weighted by Crippen LogP contribution is -1.98. The molecule has 0 aliphatic heterocycles. The maximum Gasteiger partial charge on any atom is 0.230 e. The predicted octanol–water partition coefficient (Wildman–Crippen LogP) is 5.54. The number of fused-ring (bicyclic) bond motifs is 1. The first-order valence-electron chi connectivity index (χ1n) is 9.55. The Kier molecular flexibility index (Phi) is 4.50. The third-order valence-electron chi connectivity index (χ3n) is 4.69. The number of nitrogens with zero attached hydrogens (tertiary/aromatic N) is 3. The number of nitrogens with two attached hydrogens (primary N) is 1. The van der Waals surface area contributed by atoms with E-state index < -0.39 is 0 Å². The number of hydrogen-bond acceptors (Lipinski definition) is 5. The summed E-state index contributed by atoms with van der Waals surface area (Å²) in [7, 11) is 0. The second-order valence-corrected chi connectivity index (χ2v) is 6.81. The van der Waals surface area contributed by atoms with E-state index in [4.69, 9.17) is 10.5 Å². The molecule has 3 N–H and O–H groups in total. The number of ether oxygens (including phenoxy) is 1. The van der Waals surface area contributed by atoms with Crippen LogP contribution in [0.5, 0.6) is 11.6 Å². The molecule has 30 heavy (non-hydrogen) atoms. The summed E-state index contributed by atoms with van der Waals surface area (Å²) in [6.45, 7) is 0. The molecule has 0 unspecified atom stereocenters. The van der Waals surface area contributed by atoms with Crippen LogP contribution in [0.2, 0.25) is 0 Å². The van der Waals surface area contributed by atoms with Gasteiger partial charge in [0.25, 0.3) is 0 Å². The Bertz CT molecular complexity index is 1310. The highest BCUT2D eigenvalue weighted by Gasteiger charge is 2.07. The van der Waals surface area contributed by atoms with Crippen molar-refractivity contribution in [2.75, 3.05) is 11.1 Å². The lowest BCUT2D eigenvalue weighted by molar-refractivity contribution is 0.463. The van der Waals surface area contributed by atoms with Crippen LogP contribution in [0.4, 0.5) is 17.3 Å². The fraction of sp³-hybridized carbons (Fsp3) is 0. The molecule has 0 radical (unpaired) electrons. The lowest BCUT2D eigenvalue weighted by Gasteiger charge is -2.09. The lowest BCUT2D eigenvalue weighted by atomic mass is 10.2. The summed E-state index contributed by atoms with van der Waals surface area (Å²) in [5, 5.41) is 4.22. The average Bonchev–Trinajstić information content (AvgIpc) is 3.18. The van der Waals surface area contributed by atoms with E-state index in [2.05, 4.69) is 44.2 Å². The second kappa shape index (κ2) is 7.60. The molecular formula is C24H19N5O. The van der Waals surface area contributed by atoms with Gasteiger partial charge in [-0.2, -0.15) is 4.98 Å². The van der Waals surface area contributed by atoms with Gasteiger partial charge in [-0.3, -0.25) is 0 Å². The number of benzene rings is 3. The molecule has 6 nitrogen and oxygen atoms in total. The van der Waals surface area contributed by atoms with E-state index in [9.17, 15) is 0 Å². The molecule has 6 heteroatoms. The standard InChI is InChI=1S/C24H19N5O/c25-18-5-4-6-19(16-18)27-24-26-13-11-23(28-24)30-21-9-10-22-17(15-21)12-14-29(22)20-7-2-1-3-8-20/h1-16H,25H2,(H,26,27,28). The zero-order valence-corrected chi connectivity index (χ0v) is 16.1. The highest BCUT2D eigenvalue weighted by molar-refractivity contribution is 5.83. The van der Waals surface area contributed by atoms with Crippen LogP contribution in [-0.4, -0.2) is 14.5 Å². The Morgan fingerprint density at radius 1 is 0.867 bits per heavy atom. The van der Waals surface area contributed by atoms with Gasteiger partial charge in [0.1, 0.15) is 5.75 Å². The van der Waals surface area contributed by atoms with Crippen LogP contribution in [0.3, 0.4) is 0 Å². The minimum atomic E-state index is 0.439. The van der Waals surface area contributed by atoms with E-state index in [1.165, 1.54) is 0 Å². The van der Waals surface area contributed by atoms with E-state index in [1.807, 2.05) is 60.7 Å². The Labute approximate surface area is 173 Å². The minimum absolute atomic E-state index is 0.439. The van der Waals surface area contributed by atoms with Crippen molar-refractivity contribution < 1.29 is 4.74 Å². The Morgan fingerprint density at radius 2 is 1.77 bits per heavy atom. The molecule has 5 aromatic rings. The topological polar surface area (TPSA) is 78.0 Å². The summed E-state index contributed by atoms with van der Waals surface area (Å²) >= 11 is 0. The summed E-state index contributed by atoms with van der Waals surface area (Å²) in [6.07, 6.45) is 3.71. The minimum Gasteiger partial charge on any atom is -0.439 e. The molecule has 0 aliphatic rings. The van der Waals surface area contributed by atoms with Gasteiger partial charge in [0.15, 0.2) is 0 Å². The van der Waals surface area contributed by atoms with Crippen LogP contribution < -0.4 is 15.8 Å². The quantitative estimate of drug-likeness (QED) is 0.383. The van der Waals surface area contributed by atoms with Gasteiger partial charge < -0.3 is 20.4 Å². The van der Waals surface area contributed by atoms with E-state index in [0.29, 0.717) is 23.3 Å². The molecule has 0 fully saturated rings. The molecule has 0 aliphatic carbocycles. The Balaban J connectivity index is 1.38. The van der Waals surface area contributed by atoms with Crippen molar-refractivity contribution in [2.24, 2.45) is 0 Å². The Hall–Kier alpha value is -4.32. The number of hydrogen-bond donors (Lipinski definition) is 2. The second-order valence-electron chi connectivity index (χ2n) is 6.81. The van der Waals surface area contributed by atoms with Crippen molar-refractivity contribution >= 4 is 28.2 Å². The van der Waals surface area contributed by atoms with Crippen LogP contribution in [0.1, 0.15) is 0 Å². The van der Waals surface area contributed by atoms with Gasteiger partial charge in [-0.15, -0.1) is 0 Å². The van der Waals surface area contributed by atoms with Crippen LogP contribution in [0.15, 0.2) is 97.3 Å². The summed E-state index contributed by atoms with van der Waals surface area (Å²) in [5.74, 6) is 1.61. The van der Waals surface area contributed by atoms with Crippen LogP contribution in [0.25, 0.3) is 16.6 Å². The number of anilines is 3. The molecule has 0 bridgehead atoms. The van der Waals surface area contributed by atoms with Crippen molar-refractivity contribution in [1.29, 1.82) is 0 Å². The zero-order chi connectivity index (χ0) is 20.3. The van der Waals surface area contributed by atoms with Gasteiger partial charge in [-0.25, -0.2) is 4.98 Å². The summed E-state index contributed by atoms with van der Waals surface area (Å²) in [5.41, 5.74) is 9.54. The third kappa shape index (κ3) is 3.66. The maximum absolute atomic E-state index is 5.98. The SMILES string of the molecule is Nc1cccc(Nc2nccc(Oc3ccc4c(ccn4-c4ccccc4)c3)n2)c1. The van der Waals surface area contributed by atoms with Crippen molar-refractivity contribution in [1.82, 2.24) is 14.5 Å². The zero-order valence-electron chi connectivity index (χ0n) is 16.1. The number of nitrogen functional groups attached to an aromatic ring is 1. The van der Waals surface area contributed by atoms with Crippen molar-refractivity contribution in [3.8, 4) is 17.3 Å². The molecule has 3 aromatic carbocycles. The van der Waals surface area contributed by atoms with Crippen molar-refractivity contribution in [3.05, 3.63) is 97.3 Å². The predicted molar refractivity (Wildman–Crippen MR) is 120 cm³/mol. The molecule has 5 rings (SSSR count). The van der Waals surface area contributed by atoms with Crippen molar-refractivity contribution in [3.63, 3.8) is 0 Å². The molecule has 2 aromatic heterocycles. The van der Waals surface area contributed by atoms with E-state index in [-0.39, 0.29) is 0 Å². The fourth-order valence-corrected chi connectivity index (χ4v) is 3.32. The number of para-hydroxylation sites is 1. The smallest absolute Gasteiger partial charge is 0.230 e. The van der Waals surface area contributed by atoms with Gasteiger partial charge in [-0.05, 0) is 54.6 Å². The van der Waals surface area contributed by atoms with E-state index in [0.717, 1.165) is 22.3 Å².